The summed E-state index contributed by atoms with van der Waals surface area (Å²) in [6, 6.07) is 39.7. The zero-order valence-corrected chi connectivity index (χ0v) is 34.5. The van der Waals surface area contributed by atoms with Crippen LogP contribution in [0.3, 0.4) is 0 Å². The SMILES string of the molecule is CC(C)Cc1cc(-c2[c-]cccc2)ncc1[Si](C)(C)C.Cc1cc2c(nc1C)oc1c(-c3nc4ccccc4n3-c3ccccc3)[c-]cc(C)c12.[Ir]. The van der Waals surface area contributed by atoms with Gasteiger partial charge in [-0.25, -0.2) is 4.98 Å². The van der Waals surface area contributed by atoms with Gasteiger partial charge in [0.05, 0.1) is 30.5 Å². The fourth-order valence-corrected chi connectivity index (χ4v) is 8.36. The van der Waals surface area contributed by atoms with Crippen molar-refractivity contribution in [2.75, 3.05) is 0 Å². The minimum Gasteiger partial charge on any atom is -0.486 e. The molecule has 0 bridgehead atoms. The number of furan rings is 1. The minimum absolute atomic E-state index is 0. The smallest absolute Gasteiger partial charge is 0.216 e. The molecule has 8 aromatic rings. The van der Waals surface area contributed by atoms with Crippen LogP contribution in [0.2, 0.25) is 19.6 Å². The molecule has 0 aliphatic carbocycles. The van der Waals surface area contributed by atoms with Crippen LogP contribution >= 0.6 is 0 Å². The van der Waals surface area contributed by atoms with Crippen LogP contribution in [-0.2, 0) is 26.5 Å². The van der Waals surface area contributed by atoms with Crippen molar-refractivity contribution in [3.05, 3.63) is 138 Å². The van der Waals surface area contributed by atoms with Gasteiger partial charge in [-0.3, -0.25) is 4.98 Å². The fourth-order valence-electron chi connectivity index (χ4n) is 6.78. The van der Waals surface area contributed by atoms with Crippen LogP contribution < -0.4 is 5.19 Å². The van der Waals surface area contributed by atoms with Gasteiger partial charge in [0.15, 0.2) is 0 Å². The molecule has 0 saturated heterocycles. The van der Waals surface area contributed by atoms with Crippen LogP contribution in [-0.4, -0.2) is 27.6 Å². The van der Waals surface area contributed by atoms with Gasteiger partial charge in [0, 0.05) is 43.1 Å². The van der Waals surface area contributed by atoms with Gasteiger partial charge in [0.1, 0.15) is 0 Å². The van der Waals surface area contributed by atoms with Crippen LogP contribution in [0.15, 0.2) is 108 Å². The Morgan fingerprint density at radius 1 is 0.827 bits per heavy atom. The van der Waals surface area contributed by atoms with E-state index in [4.69, 9.17) is 14.4 Å². The quantitative estimate of drug-likeness (QED) is 0.123. The van der Waals surface area contributed by atoms with E-state index in [0.29, 0.717) is 11.6 Å². The molecule has 4 aromatic heterocycles. The van der Waals surface area contributed by atoms with E-state index < -0.39 is 8.07 Å². The van der Waals surface area contributed by atoms with Crippen LogP contribution in [0.25, 0.3) is 61.4 Å². The number of hydrogen-bond donors (Lipinski definition) is 0. The number of benzene rings is 4. The van der Waals surface area contributed by atoms with Crippen LogP contribution in [0.4, 0.5) is 0 Å². The molecule has 0 saturated carbocycles. The van der Waals surface area contributed by atoms with Gasteiger partial charge in [-0.15, -0.1) is 53.6 Å². The molecule has 0 unspecified atom stereocenters. The summed E-state index contributed by atoms with van der Waals surface area (Å²) in [6.07, 6.45) is 3.24. The molecule has 0 N–H and O–H groups in total. The van der Waals surface area contributed by atoms with E-state index in [-0.39, 0.29) is 20.1 Å². The summed E-state index contributed by atoms with van der Waals surface area (Å²) in [5, 5.41) is 3.60. The van der Waals surface area contributed by atoms with E-state index in [1.54, 1.807) is 0 Å². The molecular formula is C45H44IrN4OSi-2. The van der Waals surface area contributed by atoms with Crippen molar-refractivity contribution >= 4 is 46.4 Å². The second-order valence-corrected chi connectivity index (χ2v) is 19.9. The van der Waals surface area contributed by atoms with Gasteiger partial charge in [-0.05, 0) is 73.0 Å². The Labute approximate surface area is 321 Å². The Hall–Kier alpha value is -4.68. The molecule has 5 nitrogen and oxygen atoms in total. The first-order valence-corrected chi connectivity index (χ1v) is 21.2. The normalized spacial score (nSPS) is 11.6. The maximum absolute atomic E-state index is 6.35. The molecule has 8 rings (SSSR count). The zero-order chi connectivity index (χ0) is 35.9. The van der Waals surface area contributed by atoms with Crippen molar-refractivity contribution in [2.24, 2.45) is 5.92 Å². The van der Waals surface area contributed by atoms with Gasteiger partial charge >= 0.3 is 0 Å². The molecule has 265 valence electrons. The number of hydrogen-bond acceptors (Lipinski definition) is 4. The molecule has 0 atom stereocenters. The number of nitrogens with zero attached hydrogens (tertiary/aromatic N) is 4. The molecule has 0 aliphatic rings. The van der Waals surface area contributed by atoms with Gasteiger partial charge in [-0.1, -0.05) is 93.3 Å². The first-order valence-electron chi connectivity index (χ1n) is 17.7. The Balaban J connectivity index is 0.000000193. The van der Waals surface area contributed by atoms with E-state index in [2.05, 4.69) is 112 Å². The Kier molecular flexibility index (Phi) is 10.8. The molecule has 4 heterocycles. The molecule has 0 fully saturated rings. The van der Waals surface area contributed by atoms with Gasteiger partial charge in [0.2, 0.25) is 5.71 Å². The number of imidazole rings is 1. The number of para-hydroxylation sites is 3. The molecular weight excluding hydrogens is 833 g/mol. The maximum Gasteiger partial charge on any atom is 0.216 e. The average molecular weight is 877 g/mol. The van der Waals surface area contributed by atoms with E-state index in [9.17, 15) is 0 Å². The van der Waals surface area contributed by atoms with Crippen LogP contribution in [0.1, 0.15) is 36.2 Å². The predicted octanol–water partition coefficient (Wildman–Crippen LogP) is 11.0. The van der Waals surface area contributed by atoms with E-state index >= 15 is 0 Å². The number of aromatic nitrogens is 4. The average Bonchev–Trinajstić information content (AvgIpc) is 3.68. The molecule has 7 heteroatoms. The minimum atomic E-state index is -1.34. The third-order valence-electron chi connectivity index (χ3n) is 9.39. The number of rotatable bonds is 6. The summed E-state index contributed by atoms with van der Waals surface area (Å²) in [6.45, 7) is 17.9. The number of pyridine rings is 2. The first kappa shape index (κ1) is 37.1. The molecule has 4 aromatic carbocycles. The molecule has 0 amide bonds. The van der Waals surface area contributed by atoms with E-state index in [1.165, 1.54) is 10.8 Å². The topological polar surface area (TPSA) is 56.7 Å². The molecule has 1 radical (unpaired) electrons. The van der Waals surface area contributed by atoms with Gasteiger partial charge < -0.3 is 14.0 Å². The van der Waals surface area contributed by atoms with Crippen molar-refractivity contribution in [3.63, 3.8) is 0 Å². The monoisotopic (exact) mass is 877 g/mol. The van der Waals surface area contributed by atoms with Crippen LogP contribution in [0, 0.1) is 38.8 Å². The number of aryl methyl sites for hydroxylation is 3. The standard InChI is InChI=1S/C27H20N3O.C18H24NSi.Ir/c1-16-13-14-20(25-24(16)21-15-17(2)18(3)28-27(21)31-25)26-29-22-11-7-8-12-23(22)30(26)19-9-5-4-6-10-19;1-14(2)11-16-12-17(15-9-7-6-8-10-15)19-13-18(16)20(3,4)5;/h4-13,15H,1-3H3;6-9,12-14H,11H2,1-5H3;/q2*-1;. The third-order valence-corrected chi connectivity index (χ3v) is 11.5. The van der Waals surface area contributed by atoms with E-state index in [0.717, 1.165) is 79.0 Å². The zero-order valence-electron chi connectivity index (χ0n) is 31.1. The fraction of sp³-hybridized carbons (Fsp3) is 0.222. The summed E-state index contributed by atoms with van der Waals surface area (Å²) in [5.74, 6) is 1.48. The summed E-state index contributed by atoms with van der Waals surface area (Å²) in [4.78, 5) is 14.4. The van der Waals surface area contributed by atoms with E-state index in [1.807, 2.05) is 67.6 Å². The second kappa shape index (κ2) is 15.1. The maximum atomic E-state index is 6.35. The van der Waals surface area contributed by atoms with Crippen molar-refractivity contribution < 1.29 is 24.5 Å². The largest absolute Gasteiger partial charge is 0.486 e. The summed E-state index contributed by atoms with van der Waals surface area (Å²) in [5.41, 5.74) is 12.2. The molecule has 0 spiro atoms. The van der Waals surface area contributed by atoms with Crippen molar-refractivity contribution in [2.45, 2.75) is 60.7 Å². The predicted molar refractivity (Wildman–Crippen MR) is 215 cm³/mol. The van der Waals surface area contributed by atoms with Crippen LogP contribution in [0.5, 0.6) is 0 Å². The first-order chi connectivity index (χ1) is 24.5. The Morgan fingerprint density at radius 2 is 1.56 bits per heavy atom. The van der Waals surface area contributed by atoms with Crippen molar-refractivity contribution in [1.82, 2.24) is 19.5 Å². The van der Waals surface area contributed by atoms with Crippen molar-refractivity contribution in [3.8, 4) is 28.3 Å². The summed E-state index contributed by atoms with van der Waals surface area (Å²) < 4.78 is 8.52. The Bertz CT molecular complexity index is 2500. The Morgan fingerprint density at radius 3 is 2.27 bits per heavy atom. The second-order valence-electron chi connectivity index (χ2n) is 14.8. The molecule has 52 heavy (non-hydrogen) atoms. The third kappa shape index (κ3) is 7.31. The molecule has 0 aliphatic heterocycles. The summed E-state index contributed by atoms with van der Waals surface area (Å²) >= 11 is 0. The van der Waals surface area contributed by atoms with Crippen molar-refractivity contribution in [1.29, 1.82) is 0 Å². The van der Waals surface area contributed by atoms with Gasteiger partial charge in [-0.2, -0.15) is 0 Å². The number of fused-ring (bicyclic) bond motifs is 4. The summed E-state index contributed by atoms with van der Waals surface area (Å²) in [7, 11) is -1.34. The van der Waals surface area contributed by atoms with Gasteiger partial charge in [0.25, 0.3) is 0 Å².